The number of hydrogen-bond donors (Lipinski definition) is 3. The van der Waals surface area contributed by atoms with E-state index in [1.807, 2.05) is 73.7 Å². The Kier molecular flexibility index (Phi) is 32.3. The lowest BCUT2D eigenvalue weighted by Crippen LogP contribution is -2.27. The Labute approximate surface area is 532 Å². The highest BCUT2D eigenvalue weighted by molar-refractivity contribution is 5.95. The quantitative estimate of drug-likeness (QED) is 0.0440. The van der Waals surface area contributed by atoms with Crippen LogP contribution in [0.15, 0.2) is 66.4 Å². The zero-order valence-corrected chi connectivity index (χ0v) is 54.5. The second kappa shape index (κ2) is 41.1. The molecule has 3 saturated carbocycles. The smallest absolute Gasteiger partial charge is 0.164 e. The number of phenolic OH excluding ortho intramolecular Hbond substituents is 2. The lowest BCUT2D eigenvalue weighted by molar-refractivity contribution is 0.333. The van der Waals surface area contributed by atoms with Crippen molar-refractivity contribution in [2.75, 3.05) is 0 Å². The number of fused-ring (bicyclic) bond motifs is 9. The molecule has 6 atom stereocenters. The maximum Gasteiger partial charge on any atom is 0.164 e. The van der Waals surface area contributed by atoms with Gasteiger partial charge in [0.1, 0.15) is 11.5 Å². The second-order valence-corrected chi connectivity index (χ2v) is 25.6. The van der Waals surface area contributed by atoms with Crippen LogP contribution in [0.3, 0.4) is 0 Å². The molecule has 3 aromatic carbocycles. The molecule has 0 aromatic heterocycles. The fourth-order valence-corrected chi connectivity index (χ4v) is 12.9. The summed E-state index contributed by atoms with van der Waals surface area (Å²) in [7, 11) is 0. The zero-order chi connectivity index (χ0) is 61.6. The van der Waals surface area contributed by atoms with Gasteiger partial charge in [0, 0.05) is 107 Å². The van der Waals surface area contributed by atoms with E-state index >= 15 is 0 Å². The van der Waals surface area contributed by atoms with Gasteiger partial charge in [-0.05, 0) is 94.2 Å². The first kappa shape index (κ1) is 69.2. The molecule has 10 heteroatoms. The van der Waals surface area contributed by atoms with Crippen molar-refractivity contribution >= 4 is 37.3 Å². The van der Waals surface area contributed by atoms with Crippen LogP contribution in [-0.2, 0) is 0 Å². The van der Waals surface area contributed by atoms with Gasteiger partial charge in [0.05, 0.1) is 36.3 Å². The molecular weight excluding hydrogens is 1080 g/mol. The van der Waals surface area contributed by atoms with Gasteiger partial charge in [-0.1, -0.05) is 230 Å². The summed E-state index contributed by atoms with van der Waals surface area (Å²) < 4.78 is 0. The average Bonchev–Trinajstić information content (AvgIpc) is 2.48. The molecule has 1 heterocycles. The number of nitrogens with two attached hydrogens (primary N) is 1. The average molecular weight is 1190 g/mol. The van der Waals surface area contributed by atoms with E-state index in [9.17, 15) is 10.2 Å². The van der Waals surface area contributed by atoms with Gasteiger partial charge in [-0.25, -0.2) is 0 Å². The minimum atomic E-state index is -0.114. The van der Waals surface area contributed by atoms with Gasteiger partial charge in [0.15, 0.2) is 5.75 Å². The zero-order valence-electron chi connectivity index (χ0n) is 54.5. The Morgan fingerprint density at radius 3 is 0.795 bits per heavy atom. The van der Waals surface area contributed by atoms with E-state index in [4.69, 9.17) is 40.7 Å². The highest BCUT2D eigenvalue weighted by Crippen LogP contribution is 2.32. The van der Waals surface area contributed by atoms with Crippen molar-refractivity contribution in [3.8, 4) is 52.8 Å². The summed E-state index contributed by atoms with van der Waals surface area (Å²) in [6.45, 7) is 6.80. The van der Waals surface area contributed by atoms with Crippen LogP contribution >= 0.6 is 0 Å². The van der Waals surface area contributed by atoms with Crippen LogP contribution in [-0.4, -0.2) is 83.8 Å². The van der Waals surface area contributed by atoms with Gasteiger partial charge >= 0.3 is 0 Å². The van der Waals surface area contributed by atoms with Gasteiger partial charge in [-0.2, -0.15) is 5.90 Å². The molecule has 0 amide bonds. The Balaban J connectivity index is 1.26. The molecule has 3 aromatic rings. The van der Waals surface area contributed by atoms with Crippen molar-refractivity contribution < 1.29 is 15.1 Å². The first-order chi connectivity index (χ1) is 43.4. The molecule has 3 fully saturated rings. The number of aliphatic imine (C=N–C) groups is 6. The van der Waals surface area contributed by atoms with Crippen molar-refractivity contribution in [1.29, 1.82) is 0 Å². The fourth-order valence-electron chi connectivity index (χ4n) is 12.9. The fraction of sp³-hybridized carbons (Fsp3) is 0.615. The van der Waals surface area contributed by atoms with Crippen LogP contribution in [0.25, 0.3) is 0 Å². The third-order valence-corrected chi connectivity index (χ3v) is 18.3. The van der Waals surface area contributed by atoms with E-state index in [1.165, 1.54) is 135 Å². The lowest BCUT2D eigenvalue weighted by Gasteiger charge is -2.26. The first-order valence-corrected chi connectivity index (χ1v) is 35.3. The van der Waals surface area contributed by atoms with E-state index in [-0.39, 0.29) is 47.8 Å². The molecule has 4 N–H and O–H groups in total. The highest BCUT2D eigenvalue weighted by atomic mass is 16.6. The van der Waals surface area contributed by atoms with E-state index in [0.717, 1.165) is 143 Å². The molecule has 6 unspecified atom stereocenters. The van der Waals surface area contributed by atoms with Gasteiger partial charge in [-0.15, -0.1) is 0 Å². The molecule has 10 nitrogen and oxygen atoms in total. The Hall–Kier alpha value is -6.28. The van der Waals surface area contributed by atoms with Crippen LogP contribution < -0.4 is 10.7 Å². The van der Waals surface area contributed by atoms with Gasteiger partial charge in [-0.3, -0.25) is 30.0 Å². The number of unbranched alkanes of at least 4 members (excludes halogenated alkanes) is 24. The van der Waals surface area contributed by atoms with Crippen molar-refractivity contribution in [1.82, 2.24) is 0 Å². The summed E-state index contributed by atoms with van der Waals surface area (Å²) in [6, 6.07) is 11.3. The highest BCUT2D eigenvalue weighted by Gasteiger charge is 2.27. The van der Waals surface area contributed by atoms with Crippen LogP contribution in [0.5, 0.6) is 17.2 Å². The van der Waals surface area contributed by atoms with Crippen LogP contribution in [0.2, 0.25) is 0 Å². The third-order valence-electron chi connectivity index (χ3n) is 18.3. The maximum absolute atomic E-state index is 12.1. The van der Waals surface area contributed by atoms with E-state index in [0.29, 0.717) is 28.0 Å². The molecule has 3 aliphatic carbocycles. The molecule has 6 bridgehead atoms. The molecule has 474 valence electrons. The van der Waals surface area contributed by atoms with Crippen molar-refractivity contribution in [3.63, 3.8) is 0 Å². The summed E-state index contributed by atoms with van der Waals surface area (Å²) in [6.07, 6.45) is 55.2. The van der Waals surface area contributed by atoms with Crippen LogP contribution in [0, 0.1) is 35.5 Å². The monoisotopic (exact) mass is 1190 g/mol. The van der Waals surface area contributed by atoms with E-state index in [2.05, 4.69) is 56.3 Å². The minimum Gasteiger partial charge on any atom is -0.507 e. The number of phenols is 2. The second-order valence-electron chi connectivity index (χ2n) is 25.6. The van der Waals surface area contributed by atoms with Crippen LogP contribution in [0.4, 0.5) is 0 Å². The molecule has 1 aliphatic heterocycles. The van der Waals surface area contributed by atoms with Gasteiger partial charge in [0.25, 0.3) is 0 Å². The number of aromatic hydroxyl groups is 2. The normalized spacial score (nSPS) is 20.0. The summed E-state index contributed by atoms with van der Waals surface area (Å²) in [5.41, 5.74) is 6.42. The molecule has 0 saturated heterocycles. The first-order valence-electron chi connectivity index (χ1n) is 35.3. The lowest BCUT2D eigenvalue weighted by atomic mass is 9.91. The topological polar surface area (TPSA) is 150 Å². The molecule has 0 radical (unpaired) electrons. The molecular formula is C78H109N7O3. The summed E-state index contributed by atoms with van der Waals surface area (Å²) in [4.78, 5) is 37.2. The number of rotatable bonds is 25. The third kappa shape index (κ3) is 24.3. The Morgan fingerprint density at radius 1 is 0.341 bits per heavy atom. The minimum absolute atomic E-state index is 0.1000. The summed E-state index contributed by atoms with van der Waals surface area (Å²) in [5, 5.41) is 24.2. The van der Waals surface area contributed by atoms with Gasteiger partial charge < -0.3 is 15.1 Å². The van der Waals surface area contributed by atoms with Gasteiger partial charge in [0.2, 0.25) is 0 Å². The predicted molar refractivity (Wildman–Crippen MR) is 373 cm³/mol. The molecule has 7 rings (SSSR count). The van der Waals surface area contributed by atoms with E-state index in [1.54, 1.807) is 0 Å². The molecule has 88 heavy (non-hydrogen) atoms. The van der Waals surface area contributed by atoms with Crippen LogP contribution in [0.1, 0.15) is 321 Å². The number of benzene rings is 3. The molecule has 0 spiro atoms. The van der Waals surface area contributed by atoms with E-state index < -0.39 is 0 Å². The summed E-state index contributed by atoms with van der Waals surface area (Å²) in [5.74, 6) is 27.8. The predicted octanol–water partition coefficient (Wildman–Crippen LogP) is 18.9. The number of nitrogens with zero attached hydrogens (tertiary/aromatic N) is 6. The Morgan fingerprint density at radius 2 is 0.557 bits per heavy atom. The molecule has 4 aliphatic rings. The number of hydrogen-bond acceptors (Lipinski definition) is 10. The maximum atomic E-state index is 12.1. The van der Waals surface area contributed by atoms with Crippen molar-refractivity contribution in [3.05, 3.63) is 86.5 Å². The Bertz CT molecular complexity index is 2780. The standard InChI is InChI=1S/C78H109N7O3/c1-4-7-10-13-16-19-22-25-28-31-40-61-49-64-55-80-70-43-34-35-44-71(70)81-56-65-50-62(41-32-29-26-23-20-17-14-11-8-5-2)52-67(77(65)87)58-83-73-46-37-39-48-75(73)85-60-69-54-63(42-33-30-27-24-21-18-15-12-9-6-3)53-68(78(69)88-79)59-84-74-47-38-36-45-72(74)82-57-66(51-61)76(64)86/h49-60,70-75,86-87H,4-30,34-39,43-48,79H2,1-3H3. The largest absolute Gasteiger partial charge is 0.507 e. The van der Waals surface area contributed by atoms with Crippen molar-refractivity contribution in [2.24, 2.45) is 35.9 Å². The summed E-state index contributed by atoms with van der Waals surface area (Å²) >= 11 is 0. The van der Waals surface area contributed by atoms with Crippen molar-refractivity contribution in [2.45, 2.75) is 307 Å². The SMILES string of the molecule is CCCCCCCCCCC#Cc1cc2c(O)c(c1)C=NC1CCCCC1N=Cc1cc(C#CCCCCCCCCCC)cc(c1ON)C=NC1CCCCC1N=Cc1cc(C#CCCCCCCCCCC)cc(c1O)C=NC1CCCCC1N=C2.